The number of carbonyl (C=O) groups excluding carboxylic acids is 2. The molecule has 3 aromatic carbocycles. The lowest BCUT2D eigenvalue weighted by Crippen LogP contribution is -2.32. The number of nitrogens with zero attached hydrogens (tertiary/aromatic N) is 1. The predicted molar refractivity (Wildman–Crippen MR) is 132 cm³/mol. The van der Waals surface area contributed by atoms with E-state index in [4.69, 9.17) is 9.47 Å². The van der Waals surface area contributed by atoms with Crippen molar-refractivity contribution in [2.75, 3.05) is 20.3 Å². The number of methoxy groups -OCH3 is 1. The topological polar surface area (TPSA) is 76.1 Å². The Morgan fingerprint density at radius 3 is 2.41 bits per heavy atom. The fourth-order valence-electron chi connectivity index (χ4n) is 3.93. The molecular weight excluding hydrogens is 498 g/mol. The summed E-state index contributed by atoms with van der Waals surface area (Å²) in [6.45, 7) is 0.909. The first-order chi connectivity index (χ1) is 16.5. The lowest BCUT2D eigenvalue weighted by molar-refractivity contribution is -0.140. The Labute approximate surface area is 206 Å². The zero-order valence-electron chi connectivity index (χ0n) is 18.6. The van der Waals surface area contributed by atoms with Gasteiger partial charge in [-0.2, -0.15) is 0 Å². The van der Waals surface area contributed by atoms with Crippen LogP contribution in [0.15, 0.2) is 88.9 Å². The van der Waals surface area contributed by atoms with E-state index in [-0.39, 0.29) is 24.5 Å². The SMILES string of the molecule is COCCN1C(=O)C(=O)/C(=C(/O)c2ccc(OCc3ccccc3)cc2)C1c1cccc(Br)c1. The van der Waals surface area contributed by atoms with Crippen molar-refractivity contribution in [2.45, 2.75) is 12.6 Å². The van der Waals surface area contributed by atoms with E-state index in [2.05, 4.69) is 15.9 Å². The van der Waals surface area contributed by atoms with Crippen molar-refractivity contribution < 1.29 is 24.2 Å². The van der Waals surface area contributed by atoms with E-state index in [1.165, 1.54) is 12.0 Å². The largest absolute Gasteiger partial charge is 0.507 e. The number of halogens is 1. The second kappa shape index (κ2) is 10.7. The molecule has 1 N–H and O–H groups in total. The normalized spacial score (nSPS) is 17.2. The highest BCUT2D eigenvalue weighted by atomic mass is 79.9. The van der Waals surface area contributed by atoms with Gasteiger partial charge in [0.15, 0.2) is 0 Å². The van der Waals surface area contributed by atoms with E-state index in [0.717, 1.165) is 10.0 Å². The number of rotatable bonds is 8. The molecule has 0 aliphatic carbocycles. The van der Waals surface area contributed by atoms with E-state index in [0.29, 0.717) is 23.5 Å². The van der Waals surface area contributed by atoms with E-state index >= 15 is 0 Å². The van der Waals surface area contributed by atoms with Gasteiger partial charge in [0.05, 0.1) is 18.2 Å². The van der Waals surface area contributed by atoms with Crippen LogP contribution in [-0.2, 0) is 20.9 Å². The quantitative estimate of drug-likeness (QED) is 0.253. The molecule has 7 heteroatoms. The number of benzene rings is 3. The number of Topliss-reactive ketones (excluding diaryl/α,β-unsaturated/α-hetero) is 1. The molecule has 1 heterocycles. The van der Waals surface area contributed by atoms with Crippen LogP contribution >= 0.6 is 15.9 Å². The number of likely N-dealkylation sites (tertiary alicyclic amines) is 1. The van der Waals surface area contributed by atoms with Gasteiger partial charge in [0.25, 0.3) is 11.7 Å². The first-order valence-electron chi connectivity index (χ1n) is 10.8. The van der Waals surface area contributed by atoms with Gasteiger partial charge in [0, 0.05) is 23.7 Å². The molecule has 174 valence electrons. The van der Waals surface area contributed by atoms with Crippen molar-refractivity contribution in [3.05, 3.63) is 106 Å². The molecule has 1 amide bonds. The molecule has 34 heavy (non-hydrogen) atoms. The lowest BCUT2D eigenvalue weighted by atomic mass is 9.95. The zero-order chi connectivity index (χ0) is 24.1. The predicted octanol–water partition coefficient (Wildman–Crippen LogP) is 5.10. The summed E-state index contributed by atoms with van der Waals surface area (Å²) in [5, 5.41) is 11.1. The van der Waals surface area contributed by atoms with Crippen LogP contribution < -0.4 is 4.74 Å². The maximum atomic E-state index is 13.0. The second-order valence-electron chi connectivity index (χ2n) is 7.84. The van der Waals surface area contributed by atoms with Crippen LogP contribution in [0.3, 0.4) is 0 Å². The van der Waals surface area contributed by atoms with E-state index in [9.17, 15) is 14.7 Å². The Kier molecular flexibility index (Phi) is 7.45. The van der Waals surface area contributed by atoms with E-state index in [1.807, 2.05) is 54.6 Å². The van der Waals surface area contributed by atoms with Crippen molar-refractivity contribution in [1.82, 2.24) is 4.90 Å². The standard InChI is InChI=1S/C27H24BrNO5/c1-33-15-14-29-24(20-8-5-9-21(28)16-20)23(26(31)27(29)32)25(30)19-10-12-22(13-11-19)34-17-18-6-3-2-4-7-18/h2-13,16,24,30H,14-15,17H2,1H3/b25-23+. The van der Waals surface area contributed by atoms with Crippen LogP contribution in [0.5, 0.6) is 5.75 Å². The van der Waals surface area contributed by atoms with Gasteiger partial charge in [0.1, 0.15) is 18.1 Å². The molecule has 0 aromatic heterocycles. The molecule has 1 unspecified atom stereocenters. The molecule has 6 nitrogen and oxygen atoms in total. The van der Waals surface area contributed by atoms with Crippen LogP contribution in [0, 0.1) is 0 Å². The van der Waals surface area contributed by atoms with Crippen molar-refractivity contribution in [1.29, 1.82) is 0 Å². The van der Waals surface area contributed by atoms with E-state index < -0.39 is 17.7 Å². The zero-order valence-corrected chi connectivity index (χ0v) is 20.2. The molecule has 0 bridgehead atoms. The first kappa shape index (κ1) is 23.7. The molecule has 4 rings (SSSR count). The molecule has 1 aliphatic heterocycles. The second-order valence-corrected chi connectivity index (χ2v) is 8.75. The molecule has 3 aromatic rings. The third kappa shape index (κ3) is 5.05. The van der Waals surface area contributed by atoms with E-state index in [1.54, 1.807) is 24.3 Å². The summed E-state index contributed by atoms with van der Waals surface area (Å²) in [5.74, 6) is -0.975. The van der Waals surface area contributed by atoms with Gasteiger partial charge < -0.3 is 19.5 Å². The Morgan fingerprint density at radius 2 is 1.74 bits per heavy atom. The summed E-state index contributed by atoms with van der Waals surface area (Å²) in [5.41, 5.74) is 2.24. The molecule has 0 spiro atoms. The summed E-state index contributed by atoms with van der Waals surface area (Å²) >= 11 is 3.45. The molecule has 1 saturated heterocycles. The highest BCUT2D eigenvalue weighted by molar-refractivity contribution is 9.10. The number of amides is 1. The number of hydrogen-bond donors (Lipinski definition) is 1. The number of carbonyl (C=O) groups is 2. The minimum atomic E-state index is -0.721. The van der Waals surface area contributed by atoms with Gasteiger partial charge >= 0.3 is 0 Å². The number of ether oxygens (including phenoxy) is 2. The highest BCUT2D eigenvalue weighted by Gasteiger charge is 2.45. The molecule has 1 atom stereocenters. The molecule has 0 radical (unpaired) electrons. The monoisotopic (exact) mass is 521 g/mol. The number of ketones is 1. The first-order valence-corrected chi connectivity index (χ1v) is 11.6. The number of aliphatic hydroxyl groups excluding tert-OH is 1. The Hall–Kier alpha value is -3.42. The minimum Gasteiger partial charge on any atom is -0.507 e. The average molecular weight is 522 g/mol. The van der Waals surface area contributed by atoms with Crippen LogP contribution in [0.1, 0.15) is 22.7 Å². The Balaban J connectivity index is 1.65. The smallest absolute Gasteiger partial charge is 0.295 e. The van der Waals surface area contributed by atoms with Crippen molar-refractivity contribution in [3.8, 4) is 5.75 Å². The number of hydrogen-bond acceptors (Lipinski definition) is 5. The summed E-state index contributed by atoms with van der Waals surface area (Å²) < 4.78 is 11.8. The third-order valence-corrected chi connectivity index (χ3v) is 6.11. The highest BCUT2D eigenvalue weighted by Crippen LogP contribution is 2.40. The van der Waals surface area contributed by atoms with Gasteiger partial charge in [-0.25, -0.2) is 0 Å². The van der Waals surface area contributed by atoms with Gasteiger partial charge in [-0.15, -0.1) is 0 Å². The van der Waals surface area contributed by atoms with Crippen LogP contribution in [0.2, 0.25) is 0 Å². The fourth-order valence-corrected chi connectivity index (χ4v) is 4.35. The summed E-state index contributed by atoms with van der Waals surface area (Å²) in [4.78, 5) is 27.3. The van der Waals surface area contributed by atoms with Crippen molar-refractivity contribution >= 4 is 33.4 Å². The van der Waals surface area contributed by atoms with Crippen molar-refractivity contribution in [3.63, 3.8) is 0 Å². The van der Waals surface area contributed by atoms with Crippen LogP contribution in [0.25, 0.3) is 5.76 Å². The summed E-state index contributed by atoms with van der Waals surface area (Å²) in [6, 6.07) is 23.2. The van der Waals surface area contributed by atoms with Gasteiger partial charge in [-0.3, -0.25) is 9.59 Å². The molecule has 1 aliphatic rings. The minimum absolute atomic E-state index is 0.0529. The fraction of sp³-hybridized carbons (Fsp3) is 0.185. The molecular formula is C27H24BrNO5. The Morgan fingerprint density at radius 1 is 1.00 bits per heavy atom. The molecule has 1 fully saturated rings. The maximum Gasteiger partial charge on any atom is 0.295 e. The molecule has 0 saturated carbocycles. The van der Waals surface area contributed by atoms with Gasteiger partial charge in [0.2, 0.25) is 0 Å². The maximum absolute atomic E-state index is 13.0. The summed E-state index contributed by atoms with van der Waals surface area (Å²) in [7, 11) is 1.53. The van der Waals surface area contributed by atoms with Gasteiger partial charge in [-0.1, -0.05) is 58.4 Å². The third-order valence-electron chi connectivity index (χ3n) is 5.62. The lowest BCUT2D eigenvalue weighted by Gasteiger charge is -2.25. The van der Waals surface area contributed by atoms with Crippen molar-refractivity contribution in [2.24, 2.45) is 0 Å². The average Bonchev–Trinajstić information content (AvgIpc) is 3.11. The van der Waals surface area contributed by atoms with Gasteiger partial charge in [-0.05, 0) is 47.5 Å². The van der Waals surface area contributed by atoms with Crippen LogP contribution in [0.4, 0.5) is 0 Å². The number of aliphatic hydroxyl groups is 1. The summed E-state index contributed by atoms with van der Waals surface area (Å²) in [6.07, 6.45) is 0. The Bertz CT molecular complexity index is 1210. The van der Waals surface area contributed by atoms with Crippen LogP contribution in [-0.4, -0.2) is 42.0 Å².